The first-order valence-corrected chi connectivity index (χ1v) is 13.0. The number of benzene rings is 2. The predicted molar refractivity (Wildman–Crippen MR) is 127 cm³/mol. The SMILES string of the molecule is CCOC(=O)C(C(=O)C(Cc1ccccc1)N1C(=O)c2ccccc2C1=O)P(=O)(OCC)OCC. The lowest BCUT2D eigenvalue weighted by atomic mass is 9.98. The predicted octanol–water partition coefficient (Wildman–Crippen LogP) is 3.66. The fraction of sp³-hybridized carbons (Fsp3) is 0.360. The van der Waals surface area contributed by atoms with E-state index in [0.717, 1.165) is 4.90 Å². The molecule has 2 atom stereocenters. The average Bonchev–Trinajstić information content (AvgIpc) is 3.09. The number of Topliss-reactive ketones (excluding diaryl/α,β-unsaturated/α-hetero) is 1. The van der Waals surface area contributed by atoms with Gasteiger partial charge in [-0.3, -0.25) is 28.6 Å². The summed E-state index contributed by atoms with van der Waals surface area (Å²) in [6.45, 7) is 4.34. The Hall–Kier alpha value is -3.13. The Morgan fingerprint density at radius 2 is 1.34 bits per heavy atom. The molecule has 2 aromatic rings. The fourth-order valence-corrected chi connectivity index (χ4v) is 5.91. The number of imide groups is 1. The molecule has 3 rings (SSSR count). The van der Waals surface area contributed by atoms with Crippen LogP contribution >= 0.6 is 7.60 Å². The van der Waals surface area contributed by atoms with E-state index in [2.05, 4.69) is 0 Å². The Kier molecular flexibility index (Phi) is 8.72. The van der Waals surface area contributed by atoms with Crippen molar-refractivity contribution in [3.63, 3.8) is 0 Å². The number of fused-ring (bicyclic) bond motifs is 1. The molecule has 0 radical (unpaired) electrons. The van der Waals surface area contributed by atoms with Crippen molar-refractivity contribution in [1.82, 2.24) is 4.90 Å². The fourth-order valence-electron chi connectivity index (χ4n) is 4.00. The quantitative estimate of drug-likeness (QED) is 0.187. The first-order valence-electron chi connectivity index (χ1n) is 11.4. The second-order valence-electron chi connectivity index (χ2n) is 7.66. The van der Waals surface area contributed by atoms with Crippen LogP contribution in [-0.2, 0) is 34.4 Å². The van der Waals surface area contributed by atoms with Gasteiger partial charge in [-0.1, -0.05) is 42.5 Å². The van der Waals surface area contributed by atoms with E-state index in [1.165, 1.54) is 19.1 Å². The van der Waals surface area contributed by atoms with E-state index >= 15 is 0 Å². The van der Waals surface area contributed by atoms with Crippen LogP contribution < -0.4 is 0 Å². The summed E-state index contributed by atoms with van der Waals surface area (Å²) >= 11 is 0. The van der Waals surface area contributed by atoms with Gasteiger partial charge in [-0.25, -0.2) is 0 Å². The van der Waals surface area contributed by atoms with Crippen LogP contribution in [0.2, 0.25) is 0 Å². The van der Waals surface area contributed by atoms with Gasteiger partial charge in [0.15, 0.2) is 5.78 Å². The lowest BCUT2D eigenvalue weighted by Gasteiger charge is -2.30. The van der Waals surface area contributed by atoms with Crippen LogP contribution in [0.3, 0.4) is 0 Å². The third-order valence-corrected chi connectivity index (χ3v) is 7.79. The Morgan fingerprint density at radius 1 is 0.829 bits per heavy atom. The van der Waals surface area contributed by atoms with Crippen molar-refractivity contribution in [1.29, 1.82) is 0 Å². The van der Waals surface area contributed by atoms with Crippen LogP contribution in [-0.4, -0.2) is 60.0 Å². The van der Waals surface area contributed by atoms with Crippen molar-refractivity contribution in [2.24, 2.45) is 0 Å². The van der Waals surface area contributed by atoms with E-state index in [0.29, 0.717) is 5.56 Å². The molecule has 1 heterocycles. The number of esters is 1. The molecule has 2 amide bonds. The van der Waals surface area contributed by atoms with Gasteiger partial charge in [-0.2, -0.15) is 0 Å². The van der Waals surface area contributed by atoms with Gasteiger partial charge >= 0.3 is 13.6 Å². The van der Waals surface area contributed by atoms with Crippen LogP contribution in [0.25, 0.3) is 0 Å². The molecule has 2 aromatic carbocycles. The number of hydrogen-bond acceptors (Lipinski definition) is 8. The van der Waals surface area contributed by atoms with Gasteiger partial charge < -0.3 is 13.8 Å². The third-order valence-electron chi connectivity index (χ3n) is 5.45. The van der Waals surface area contributed by atoms with Crippen molar-refractivity contribution < 1.29 is 37.5 Å². The van der Waals surface area contributed by atoms with Crippen LogP contribution in [0.5, 0.6) is 0 Å². The van der Waals surface area contributed by atoms with Crippen molar-refractivity contribution in [2.45, 2.75) is 38.9 Å². The zero-order valence-electron chi connectivity index (χ0n) is 19.8. The number of ketones is 1. The molecule has 0 spiro atoms. The van der Waals surface area contributed by atoms with Crippen LogP contribution in [0.1, 0.15) is 47.1 Å². The average molecular weight is 501 g/mol. The molecule has 0 fully saturated rings. The molecule has 10 heteroatoms. The Morgan fingerprint density at radius 3 is 1.83 bits per heavy atom. The van der Waals surface area contributed by atoms with Crippen molar-refractivity contribution in [2.75, 3.05) is 19.8 Å². The van der Waals surface area contributed by atoms with Gasteiger partial charge in [0, 0.05) is 6.42 Å². The maximum atomic E-state index is 14.0. The van der Waals surface area contributed by atoms with Crippen molar-refractivity contribution in [3.8, 4) is 0 Å². The van der Waals surface area contributed by atoms with E-state index in [1.54, 1.807) is 56.3 Å². The van der Waals surface area contributed by atoms with Crippen LogP contribution in [0.15, 0.2) is 54.6 Å². The first-order chi connectivity index (χ1) is 16.8. The molecular formula is C25H28NO8P. The molecule has 1 aliphatic rings. The number of rotatable bonds is 12. The number of carbonyl (C=O) groups excluding carboxylic acids is 4. The summed E-state index contributed by atoms with van der Waals surface area (Å²) in [4.78, 5) is 54.3. The van der Waals surface area contributed by atoms with Gasteiger partial charge in [0.2, 0.25) is 5.66 Å². The van der Waals surface area contributed by atoms with Gasteiger partial charge in [0.05, 0.1) is 30.9 Å². The number of hydrogen-bond donors (Lipinski definition) is 0. The highest BCUT2D eigenvalue weighted by molar-refractivity contribution is 7.57. The zero-order valence-corrected chi connectivity index (χ0v) is 20.7. The molecule has 2 unspecified atom stereocenters. The highest BCUT2D eigenvalue weighted by atomic mass is 31.2. The highest BCUT2D eigenvalue weighted by Gasteiger charge is 2.53. The number of amides is 2. The molecule has 35 heavy (non-hydrogen) atoms. The minimum atomic E-state index is -4.36. The standard InChI is InChI=1S/C25H28NO8P/c1-4-32-25(30)22(35(31,33-5-2)34-6-3)21(27)20(16-17-12-8-7-9-13-17)26-23(28)18-14-10-11-15-19(18)24(26)29/h7-15,20,22H,4-6,16H2,1-3H3. The summed E-state index contributed by atoms with van der Waals surface area (Å²) < 4.78 is 29.4. The largest absolute Gasteiger partial charge is 0.465 e. The molecular weight excluding hydrogens is 473 g/mol. The second kappa shape index (κ2) is 11.5. The molecule has 186 valence electrons. The summed E-state index contributed by atoms with van der Waals surface area (Å²) in [6.07, 6.45) is -0.0979. The highest BCUT2D eigenvalue weighted by Crippen LogP contribution is 2.54. The molecule has 0 N–H and O–H groups in total. The van der Waals surface area contributed by atoms with Gasteiger partial charge in [-0.15, -0.1) is 0 Å². The topological polar surface area (TPSA) is 116 Å². The Balaban J connectivity index is 2.13. The molecule has 0 saturated carbocycles. The van der Waals surface area contributed by atoms with Crippen molar-refractivity contribution in [3.05, 3.63) is 71.3 Å². The molecule has 1 aliphatic heterocycles. The van der Waals surface area contributed by atoms with E-state index in [-0.39, 0.29) is 37.4 Å². The molecule has 9 nitrogen and oxygen atoms in total. The summed E-state index contributed by atoms with van der Waals surface area (Å²) in [5.41, 5.74) is -1.05. The van der Waals surface area contributed by atoms with E-state index in [9.17, 15) is 23.7 Å². The van der Waals surface area contributed by atoms with Crippen molar-refractivity contribution >= 4 is 31.2 Å². The number of carbonyl (C=O) groups is 4. The zero-order chi connectivity index (χ0) is 25.6. The molecule has 0 aliphatic carbocycles. The summed E-state index contributed by atoms with van der Waals surface area (Å²) in [6, 6.07) is 13.5. The van der Waals surface area contributed by atoms with Crippen LogP contribution in [0.4, 0.5) is 0 Å². The van der Waals surface area contributed by atoms with Crippen LogP contribution in [0, 0.1) is 0 Å². The first kappa shape index (κ1) is 26.5. The van der Waals surface area contributed by atoms with Gasteiger partial charge in [0.1, 0.15) is 6.04 Å². The minimum absolute atomic E-state index is 0.0861. The molecule has 0 aromatic heterocycles. The lowest BCUT2D eigenvalue weighted by Crippen LogP contribution is -2.51. The van der Waals surface area contributed by atoms with Gasteiger partial charge in [0.25, 0.3) is 11.8 Å². The van der Waals surface area contributed by atoms with E-state index in [4.69, 9.17) is 13.8 Å². The smallest absolute Gasteiger partial charge is 0.352 e. The maximum absolute atomic E-state index is 14.0. The molecule has 0 saturated heterocycles. The Bertz CT molecular complexity index is 1100. The summed E-state index contributed by atoms with van der Waals surface area (Å²) in [5, 5.41) is 0. The third kappa shape index (κ3) is 5.42. The molecule has 0 bridgehead atoms. The van der Waals surface area contributed by atoms with E-state index < -0.39 is 42.9 Å². The Labute approximate surface area is 203 Å². The number of ether oxygens (including phenoxy) is 1. The summed E-state index contributed by atoms with van der Waals surface area (Å²) in [7, 11) is -4.36. The van der Waals surface area contributed by atoms with Gasteiger partial charge in [-0.05, 0) is 38.5 Å². The monoisotopic (exact) mass is 501 g/mol. The maximum Gasteiger partial charge on any atom is 0.352 e. The summed E-state index contributed by atoms with van der Waals surface area (Å²) in [5.74, 6) is -3.40. The lowest BCUT2D eigenvalue weighted by molar-refractivity contribution is -0.146. The normalized spacial score (nSPS) is 15.0. The van der Waals surface area contributed by atoms with E-state index in [1.807, 2.05) is 0 Å². The minimum Gasteiger partial charge on any atom is -0.465 e. The second-order valence-corrected chi connectivity index (χ2v) is 9.78. The number of nitrogens with zero attached hydrogens (tertiary/aromatic N) is 1.